The van der Waals surface area contributed by atoms with Crippen LogP contribution in [0.15, 0.2) is 77.7 Å². The number of amides is 1. The minimum atomic E-state index is -4.30. The van der Waals surface area contributed by atoms with Crippen molar-refractivity contribution in [1.29, 1.82) is 0 Å². The number of carbonyl (C=O) groups is 1. The topological polar surface area (TPSA) is 118 Å². The maximum atomic E-state index is 13.5. The van der Waals surface area contributed by atoms with Crippen LogP contribution in [0.2, 0.25) is 0 Å². The van der Waals surface area contributed by atoms with Gasteiger partial charge in [0.15, 0.2) is 11.5 Å². The van der Waals surface area contributed by atoms with Crippen LogP contribution in [0.1, 0.15) is 54.6 Å². The number of aromatic hydroxyl groups is 3. The van der Waals surface area contributed by atoms with Crippen LogP contribution in [0, 0.1) is 0 Å². The molecule has 0 radical (unpaired) electrons. The molecule has 0 aliphatic heterocycles. The van der Waals surface area contributed by atoms with Gasteiger partial charge in [0.25, 0.3) is 15.9 Å². The second-order valence-corrected chi connectivity index (χ2v) is 12.3. The zero-order chi connectivity index (χ0) is 29.9. The Morgan fingerprint density at radius 2 is 1.49 bits per heavy atom. The van der Waals surface area contributed by atoms with E-state index >= 15 is 0 Å². The fraction of sp³-hybridized carbons (Fsp3) is 0.281. The number of benzene rings is 4. The number of hydrogen-bond acceptors (Lipinski definition) is 6. The molecule has 4 aromatic rings. The van der Waals surface area contributed by atoms with Gasteiger partial charge in [-0.15, -0.1) is 0 Å². The summed E-state index contributed by atoms with van der Waals surface area (Å²) >= 11 is 0. The number of phenolic OH excluding ortho intramolecular Hbond substituents is 3. The van der Waals surface area contributed by atoms with Gasteiger partial charge in [0.05, 0.1) is 5.69 Å². The number of rotatable bonds is 10. The van der Waals surface area contributed by atoms with Crippen molar-refractivity contribution in [3.05, 3.63) is 89.5 Å². The molecule has 0 heterocycles. The van der Waals surface area contributed by atoms with Gasteiger partial charge in [-0.25, -0.2) is 8.42 Å². The van der Waals surface area contributed by atoms with E-state index in [9.17, 15) is 28.5 Å². The standard InChI is InChI=1S/C32H36N2O6S/c1-5-16-34(17-15-22-9-7-6-8-10-22)32(38)25-12-11-24-19-26(14-13-23(24)18-25)33(4)41(39,40)28-20-27(21(2)3)29(35)31(37)30(28)36/h6-14,18-21,35-37H,5,15-17H2,1-4H3. The molecule has 0 aliphatic carbocycles. The second-order valence-electron chi connectivity index (χ2n) is 10.4. The Hall–Kier alpha value is -4.24. The Morgan fingerprint density at radius 3 is 2.15 bits per heavy atom. The monoisotopic (exact) mass is 576 g/mol. The van der Waals surface area contributed by atoms with E-state index in [0.29, 0.717) is 24.3 Å². The molecule has 0 atom stereocenters. The number of hydrogen-bond donors (Lipinski definition) is 3. The zero-order valence-electron chi connectivity index (χ0n) is 23.7. The normalized spacial score (nSPS) is 11.6. The van der Waals surface area contributed by atoms with Crippen molar-refractivity contribution < 1.29 is 28.5 Å². The fourth-order valence-corrected chi connectivity index (χ4v) is 6.11. The number of nitrogens with zero attached hydrogens (tertiary/aromatic N) is 2. The van der Waals surface area contributed by atoms with Crippen LogP contribution in [-0.4, -0.2) is 54.7 Å². The summed E-state index contributed by atoms with van der Waals surface area (Å²) in [7, 11) is -2.95. The lowest BCUT2D eigenvalue weighted by molar-refractivity contribution is 0.0757. The summed E-state index contributed by atoms with van der Waals surface area (Å²) in [6.45, 7) is 6.76. The molecule has 4 aromatic carbocycles. The highest BCUT2D eigenvalue weighted by Crippen LogP contribution is 2.45. The fourth-order valence-electron chi connectivity index (χ4n) is 4.80. The first-order valence-electron chi connectivity index (χ1n) is 13.6. The van der Waals surface area contributed by atoms with Crippen LogP contribution in [-0.2, 0) is 16.4 Å². The number of phenols is 3. The van der Waals surface area contributed by atoms with E-state index in [1.54, 1.807) is 50.2 Å². The molecule has 0 aromatic heterocycles. The van der Waals surface area contributed by atoms with Crippen LogP contribution < -0.4 is 4.31 Å². The quantitative estimate of drug-likeness (QED) is 0.199. The lowest BCUT2D eigenvalue weighted by atomic mass is 10.0. The third-order valence-corrected chi connectivity index (χ3v) is 9.03. The van der Waals surface area contributed by atoms with Gasteiger partial charge < -0.3 is 20.2 Å². The van der Waals surface area contributed by atoms with Crippen LogP contribution in [0.25, 0.3) is 10.8 Å². The molecule has 3 N–H and O–H groups in total. The average Bonchev–Trinajstić information content (AvgIpc) is 2.97. The largest absolute Gasteiger partial charge is 0.504 e. The van der Waals surface area contributed by atoms with Crippen LogP contribution in [0.4, 0.5) is 5.69 Å². The van der Waals surface area contributed by atoms with Crippen molar-refractivity contribution in [2.45, 2.75) is 44.4 Å². The Labute approximate surface area is 241 Å². The van der Waals surface area contributed by atoms with Crippen molar-refractivity contribution in [2.24, 2.45) is 0 Å². The van der Waals surface area contributed by atoms with Gasteiger partial charge in [-0.1, -0.05) is 63.2 Å². The smallest absolute Gasteiger partial charge is 0.267 e. The molecule has 0 bridgehead atoms. The van der Waals surface area contributed by atoms with E-state index in [2.05, 4.69) is 12.1 Å². The van der Waals surface area contributed by atoms with Crippen LogP contribution >= 0.6 is 0 Å². The summed E-state index contributed by atoms with van der Waals surface area (Å²) in [6, 6.07) is 21.6. The van der Waals surface area contributed by atoms with E-state index < -0.39 is 32.2 Å². The summed E-state index contributed by atoms with van der Waals surface area (Å²) in [5.74, 6) is -2.69. The van der Waals surface area contributed by atoms with E-state index in [4.69, 9.17) is 0 Å². The first-order valence-corrected chi connectivity index (χ1v) is 15.0. The first kappa shape index (κ1) is 29.7. The molecule has 9 heteroatoms. The van der Waals surface area contributed by atoms with Gasteiger partial charge >= 0.3 is 0 Å². The molecular weight excluding hydrogens is 540 g/mol. The van der Waals surface area contributed by atoms with Crippen LogP contribution in [0.3, 0.4) is 0 Å². The molecule has 0 aliphatic rings. The molecule has 0 unspecified atom stereocenters. The van der Waals surface area contributed by atoms with Crippen LogP contribution in [0.5, 0.6) is 17.2 Å². The van der Waals surface area contributed by atoms with Gasteiger partial charge in [0.1, 0.15) is 4.90 Å². The molecule has 216 valence electrons. The molecule has 4 rings (SSSR count). The lowest BCUT2D eigenvalue weighted by Gasteiger charge is -2.23. The molecule has 1 amide bonds. The van der Waals surface area contributed by atoms with Crippen molar-refractivity contribution in [3.63, 3.8) is 0 Å². The highest BCUT2D eigenvalue weighted by atomic mass is 32.2. The minimum absolute atomic E-state index is 0.0583. The third kappa shape index (κ3) is 6.10. The maximum absolute atomic E-state index is 13.5. The number of sulfonamides is 1. The summed E-state index contributed by atoms with van der Waals surface area (Å²) in [5.41, 5.74) is 2.25. The minimum Gasteiger partial charge on any atom is -0.504 e. The van der Waals surface area contributed by atoms with E-state index in [-0.39, 0.29) is 17.4 Å². The Morgan fingerprint density at radius 1 is 0.829 bits per heavy atom. The molecule has 0 saturated heterocycles. The molecule has 41 heavy (non-hydrogen) atoms. The average molecular weight is 577 g/mol. The summed E-state index contributed by atoms with van der Waals surface area (Å²) in [4.78, 5) is 14.7. The third-order valence-electron chi connectivity index (χ3n) is 7.23. The number of fused-ring (bicyclic) bond motifs is 1. The second kappa shape index (κ2) is 12.1. The SMILES string of the molecule is CCCN(CCc1ccccc1)C(=O)c1ccc2cc(N(C)S(=O)(=O)c3cc(C(C)C)c(O)c(O)c3O)ccc2c1. The van der Waals surface area contributed by atoms with Gasteiger partial charge in [-0.2, -0.15) is 0 Å². The highest BCUT2D eigenvalue weighted by molar-refractivity contribution is 7.93. The molecule has 0 saturated carbocycles. The predicted octanol–water partition coefficient (Wildman–Crippen LogP) is 6.00. The van der Waals surface area contributed by atoms with Crippen molar-refractivity contribution >= 4 is 32.4 Å². The maximum Gasteiger partial charge on any atom is 0.267 e. The zero-order valence-corrected chi connectivity index (χ0v) is 24.5. The molecular formula is C32H36N2O6S. The van der Waals surface area contributed by atoms with Gasteiger partial charge in [-0.3, -0.25) is 9.10 Å². The molecule has 0 fully saturated rings. The summed E-state index contributed by atoms with van der Waals surface area (Å²) < 4.78 is 28.0. The number of carbonyl (C=O) groups excluding carboxylic acids is 1. The van der Waals surface area contributed by atoms with E-state index in [1.807, 2.05) is 30.0 Å². The van der Waals surface area contributed by atoms with Crippen molar-refractivity contribution in [1.82, 2.24) is 4.90 Å². The van der Waals surface area contributed by atoms with Crippen molar-refractivity contribution in [2.75, 3.05) is 24.4 Å². The van der Waals surface area contributed by atoms with Crippen molar-refractivity contribution in [3.8, 4) is 17.2 Å². The Kier molecular flexibility index (Phi) is 8.77. The van der Waals surface area contributed by atoms with Gasteiger partial charge in [-0.05, 0) is 65.4 Å². The Balaban J connectivity index is 1.61. The van der Waals surface area contributed by atoms with Gasteiger partial charge in [0.2, 0.25) is 5.75 Å². The van der Waals surface area contributed by atoms with Gasteiger partial charge in [0, 0.05) is 31.3 Å². The lowest BCUT2D eigenvalue weighted by Crippen LogP contribution is -2.33. The highest BCUT2D eigenvalue weighted by Gasteiger charge is 2.30. The number of anilines is 1. The molecule has 8 nitrogen and oxygen atoms in total. The summed E-state index contributed by atoms with van der Waals surface area (Å²) in [6.07, 6.45) is 1.60. The first-order chi connectivity index (χ1) is 19.4. The van der Waals surface area contributed by atoms with E-state index in [1.165, 1.54) is 18.7 Å². The summed E-state index contributed by atoms with van der Waals surface area (Å²) in [5, 5.41) is 32.3. The van der Waals surface area contributed by atoms with E-state index in [0.717, 1.165) is 27.9 Å². The molecule has 0 spiro atoms. The Bertz CT molecular complexity index is 1670. The predicted molar refractivity (Wildman–Crippen MR) is 161 cm³/mol.